The predicted octanol–water partition coefficient (Wildman–Crippen LogP) is -0.194. The molecule has 0 spiro atoms. The predicted molar refractivity (Wildman–Crippen MR) is 52.3 cm³/mol. The number of hydrogen-bond acceptors (Lipinski definition) is 4. The molecule has 1 aromatic rings. The number of nitrogens with zero attached hydrogens (tertiary/aromatic N) is 2. The largest absolute Gasteiger partial charge is 0.468 e. The number of methoxy groups -OCH3 is 1. The molecule has 82 valence electrons. The van der Waals surface area contributed by atoms with Crippen molar-refractivity contribution in [2.24, 2.45) is 0 Å². The van der Waals surface area contributed by atoms with Crippen molar-refractivity contribution in [3.63, 3.8) is 0 Å². The maximum atomic E-state index is 11.5. The van der Waals surface area contributed by atoms with Crippen LogP contribution in [0.15, 0.2) is 12.3 Å². The Kier molecular flexibility index (Phi) is 3.84. The van der Waals surface area contributed by atoms with Crippen molar-refractivity contribution in [2.45, 2.75) is 13.5 Å². The third-order valence-electron chi connectivity index (χ3n) is 1.87. The van der Waals surface area contributed by atoms with Crippen LogP contribution in [0.4, 0.5) is 0 Å². The van der Waals surface area contributed by atoms with Crippen LogP contribution in [0.25, 0.3) is 0 Å². The van der Waals surface area contributed by atoms with Gasteiger partial charge in [-0.25, -0.2) is 0 Å². The third-order valence-corrected chi connectivity index (χ3v) is 1.87. The molecule has 0 aliphatic rings. The number of carbonyl (C=O) groups is 2. The van der Waals surface area contributed by atoms with Crippen LogP contribution in [0.1, 0.15) is 17.4 Å². The molecular formula is C9H13N3O3. The van der Waals surface area contributed by atoms with E-state index >= 15 is 0 Å². The van der Waals surface area contributed by atoms with E-state index in [1.807, 2.05) is 6.92 Å². The van der Waals surface area contributed by atoms with E-state index in [4.69, 9.17) is 0 Å². The molecule has 1 amide bonds. The number of ether oxygens (including phenoxy) is 1. The minimum absolute atomic E-state index is 0.135. The first-order valence-corrected chi connectivity index (χ1v) is 4.55. The lowest BCUT2D eigenvalue weighted by Crippen LogP contribution is -2.31. The lowest BCUT2D eigenvalue weighted by atomic mass is 10.4. The molecule has 1 aromatic heterocycles. The first-order valence-electron chi connectivity index (χ1n) is 4.55. The van der Waals surface area contributed by atoms with E-state index in [1.165, 1.54) is 13.3 Å². The standard InChI is InChI=1S/C9H13N3O3/c1-3-12-7(4-5-11-12)9(14)10-6-8(13)15-2/h4-5H,3,6H2,1-2H3,(H,10,14). The Hall–Kier alpha value is -1.85. The fourth-order valence-corrected chi connectivity index (χ4v) is 1.09. The van der Waals surface area contributed by atoms with Crippen molar-refractivity contribution in [3.05, 3.63) is 18.0 Å². The van der Waals surface area contributed by atoms with E-state index in [0.717, 1.165) is 0 Å². The molecule has 0 fully saturated rings. The number of rotatable bonds is 4. The van der Waals surface area contributed by atoms with Gasteiger partial charge in [0, 0.05) is 12.7 Å². The maximum absolute atomic E-state index is 11.5. The molecule has 0 aromatic carbocycles. The molecular weight excluding hydrogens is 198 g/mol. The number of aryl methyl sites for hydroxylation is 1. The lowest BCUT2D eigenvalue weighted by molar-refractivity contribution is -0.139. The van der Waals surface area contributed by atoms with Gasteiger partial charge in [-0.05, 0) is 13.0 Å². The van der Waals surface area contributed by atoms with Gasteiger partial charge in [-0.15, -0.1) is 0 Å². The molecule has 15 heavy (non-hydrogen) atoms. The Labute approximate surface area is 87.2 Å². The molecule has 0 aliphatic carbocycles. The van der Waals surface area contributed by atoms with E-state index < -0.39 is 5.97 Å². The fourth-order valence-electron chi connectivity index (χ4n) is 1.09. The van der Waals surface area contributed by atoms with Crippen LogP contribution in [0.5, 0.6) is 0 Å². The zero-order valence-electron chi connectivity index (χ0n) is 8.69. The van der Waals surface area contributed by atoms with Gasteiger partial charge in [0.15, 0.2) is 0 Å². The maximum Gasteiger partial charge on any atom is 0.325 e. The van der Waals surface area contributed by atoms with E-state index in [-0.39, 0.29) is 12.5 Å². The molecule has 1 rings (SSSR count). The summed E-state index contributed by atoms with van der Waals surface area (Å²) in [7, 11) is 1.27. The minimum Gasteiger partial charge on any atom is -0.468 e. The van der Waals surface area contributed by atoms with Crippen LogP contribution in [-0.4, -0.2) is 35.3 Å². The highest BCUT2D eigenvalue weighted by Gasteiger charge is 2.11. The van der Waals surface area contributed by atoms with Crippen molar-refractivity contribution in [2.75, 3.05) is 13.7 Å². The lowest BCUT2D eigenvalue weighted by Gasteiger charge is -2.05. The fraction of sp³-hybridized carbons (Fsp3) is 0.444. The van der Waals surface area contributed by atoms with E-state index in [9.17, 15) is 9.59 Å². The number of nitrogens with one attached hydrogen (secondary N) is 1. The number of aromatic nitrogens is 2. The van der Waals surface area contributed by atoms with Crippen molar-refractivity contribution in [3.8, 4) is 0 Å². The first-order chi connectivity index (χ1) is 7.19. The highest BCUT2D eigenvalue weighted by molar-refractivity contribution is 5.94. The summed E-state index contributed by atoms with van der Waals surface area (Å²) in [4.78, 5) is 22.3. The molecule has 0 radical (unpaired) electrons. The van der Waals surface area contributed by atoms with Crippen molar-refractivity contribution in [1.29, 1.82) is 0 Å². The van der Waals surface area contributed by atoms with Crippen LogP contribution in [0.2, 0.25) is 0 Å². The zero-order valence-corrected chi connectivity index (χ0v) is 8.69. The minimum atomic E-state index is -0.481. The Morgan fingerprint density at radius 1 is 1.60 bits per heavy atom. The highest BCUT2D eigenvalue weighted by Crippen LogP contribution is 1.97. The summed E-state index contributed by atoms with van der Waals surface area (Å²) in [6.45, 7) is 2.35. The summed E-state index contributed by atoms with van der Waals surface area (Å²) < 4.78 is 5.95. The van der Waals surface area contributed by atoms with Gasteiger partial charge in [0.2, 0.25) is 0 Å². The summed E-state index contributed by atoms with van der Waals surface area (Å²) in [6.07, 6.45) is 1.54. The van der Waals surface area contributed by atoms with E-state index in [1.54, 1.807) is 10.7 Å². The Morgan fingerprint density at radius 2 is 2.33 bits per heavy atom. The quantitative estimate of drug-likeness (QED) is 0.700. The summed E-state index contributed by atoms with van der Waals surface area (Å²) in [5.41, 5.74) is 0.432. The second-order valence-electron chi connectivity index (χ2n) is 2.79. The zero-order chi connectivity index (χ0) is 11.3. The molecule has 0 aliphatic heterocycles. The average molecular weight is 211 g/mol. The highest BCUT2D eigenvalue weighted by atomic mass is 16.5. The van der Waals surface area contributed by atoms with E-state index in [2.05, 4.69) is 15.2 Å². The second kappa shape index (κ2) is 5.14. The number of carbonyl (C=O) groups excluding carboxylic acids is 2. The molecule has 0 unspecified atom stereocenters. The van der Waals surface area contributed by atoms with Gasteiger partial charge in [-0.3, -0.25) is 14.3 Å². The van der Waals surface area contributed by atoms with Gasteiger partial charge in [-0.2, -0.15) is 5.10 Å². The Bertz CT molecular complexity index is 359. The molecule has 0 saturated carbocycles. The van der Waals surface area contributed by atoms with Gasteiger partial charge < -0.3 is 10.1 Å². The molecule has 1 heterocycles. The normalized spacial score (nSPS) is 9.73. The van der Waals surface area contributed by atoms with Gasteiger partial charge in [0.05, 0.1) is 7.11 Å². The first kappa shape index (κ1) is 11.2. The molecule has 0 bridgehead atoms. The monoisotopic (exact) mass is 211 g/mol. The summed E-state index contributed by atoms with van der Waals surface area (Å²) in [5, 5.41) is 6.38. The Balaban J connectivity index is 2.57. The average Bonchev–Trinajstić information content (AvgIpc) is 2.73. The third kappa shape index (κ3) is 2.80. The molecule has 0 saturated heterocycles. The summed E-state index contributed by atoms with van der Waals surface area (Å²) >= 11 is 0. The SMILES string of the molecule is CCn1nccc1C(=O)NCC(=O)OC. The van der Waals surface area contributed by atoms with Gasteiger partial charge in [-0.1, -0.05) is 0 Å². The van der Waals surface area contributed by atoms with Crippen LogP contribution >= 0.6 is 0 Å². The van der Waals surface area contributed by atoms with Gasteiger partial charge in [0.1, 0.15) is 12.2 Å². The van der Waals surface area contributed by atoms with Crippen molar-refractivity contribution < 1.29 is 14.3 Å². The van der Waals surface area contributed by atoms with Crippen molar-refractivity contribution in [1.82, 2.24) is 15.1 Å². The smallest absolute Gasteiger partial charge is 0.325 e. The van der Waals surface area contributed by atoms with Gasteiger partial charge >= 0.3 is 5.97 Å². The van der Waals surface area contributed by atoms with Gasteiger partial charge in [0.25, 0.3) is 5.91 Å². The van der Waals surface area contributed by atoms with Crippen LogP contribution in [-0.2, 0) is 16.1 Å². The molecule has 6 heteroatoms. The second-order valence-corrected chi connectivity index (χ2v) is 2.79. The van der Waals surface area contributed by atoms with Crippen LogP contribution in [0.3, 0.4) is 0 Å². The van der Waals surface area contributed by atoms with Crippen molar-refractivity contribution >= 4 is 11.9 Å². The molecule has 6 nitrogen and oxygen atoms in total. The summed E-state index contributed by atoms with van der Waals surface area (Å²) in [5.74, 6) is -0.814. The number of esters is 1. The summed E-state index contributed by atoms with van der Waals surface area (Å²) in [6, 6.07) is 1.59. The number of hydrogen-bond donors (Lipinski definition) is 1. The Morgan fingerprint density at radius 3 is 2.93 bits per heavy atom. The topological polar surface area (TPSA) is 73.2 Å². The van der Waals surface area contributed by atoms with Crippen LogP contribution in [0, 0.1) is 0 Å². The van der Waals surface area contributed by atoms with E-state index in [0.29, 0.717) is 12.2 Å². The molecule has 0 atom stereocenters. The number of amides is 1. The van der Waals surface area contributed by atoms with Crippen LogP contribution < -0.4 is 5.32 Å². The molecule has 1 N–H and O–H groups in total.